The average molecular weight is 429 g/mol. The summed E-state index contributed by atoms with van der Waals surface area (Å²) in [5.74, 6) is -1.14. The van der Waals surface area contributed by atoms with E-state index in [0.717, 1.165) is 19.3 Å². The molecule has 0 aliphatic heterocycles. The first-order chi connectivity index (χ1) is 14.4. The molecule has 0 unspecified atom stereocenters. The van der Waals surface area contributed by atoms with Gasteiger partial charge in [0.25, 0.3) is 0 Å². The first kappa shape index (κ1) is 29.1. The molecule has 0 rings (SSSR count). The molecule has 0 heterocycles. The molecule has 0 fully saturated rings. The fraction of sp³-hybridized carbons (Fsp3) is 0.880. The minimum atomic E-state index is -1.53. The van der Waals surface area contributed by atoms with Crippen molar-refractivity contribution in [2.45, 2.75) is 109 Å². The van der Waals surface area contributed by atoms with Crippen molar-refractivity contribution in [3.05, 3.63) is 12.2 Å². The largest absolute Gasteiger partial charge is 0.476 e. The molecule has 5 nitrogen and oxygen atoms in total. The Hall–Kier alpha value is -0.910. The van der Waals surface area contributed by atoms with E-state index in [1.807, 2.05) is 0 Å². The number of carbonyl (C=O) groups is 1. The van der Waals surface area contributed by atoms with Crippen LogP contribution in [0.25, 0.3) is 0 Å². The molecular formula is C25H50NO4+. The van der Waals surface area contributed by atoms with E-state index in [1.165, 1.54) is 77.0 Å². The molecule has 0 saturated carbocycles. The van der Waals surface area contributed by atoms with Crippen molar-refractivity contribution < 1.29 is 24.6 Å². The summed E-state index contributed by atoms with van der Waals surface area (Å²) in [6, 6.07) is 0. The Morgan fingerprint density at radius 3 is 1.53 bits per heavy atom. The van der Waals surface area contributed by atoms with Gasteiger partial charge in [0.1, 0.15) is 13.2 Å². The number of aliphatic hydroxyl groups excluding tert-OH is 2. The highest BCUT2D eigenvalue weighted by Gasteiger charge is 2.52. The summed E-state index contributed by atoms with van der Waals surface area (Å²) in [6.45, 7) is 1.78. The Morgan fingerprint density at radius 2 is 1.13 bits per heavy atom. The van der Waals surface area contributed by atoms with Crippen LogP contribution in [-0.4, -0.2) is 65.2 Å². The van der Waals surface area contributed by atoms with E-state index in [2.05, 4.69) is 19.1 Å². The Kier molecular flexibility index (Phi) is 17.2. The van der Waals surface area contributed by atoms with Crippen molar-refractivity contribution in [2.24, 2.45) is 0 Å². The summed E-state index contributed by atoms with van der Waals surface area (Å²) in [4.78, 5) is 11.6. The Labute approximate surface area is 185 Å². The Bertz CT molecular complexity index is 444. The molecule has 0 amide bonds. The normalized spacial score (nSPS) is 12.7. The first-order valence-corrected chi connectivity index (χ1v) is 12.3. The summed E-state index contributed by atoms with van der Waals surface area (Å²) in [5, 5.41) is 28.6. The van der Waals surface area contributed by atoms with Crippen molar-refractivity contribution in [1.82, 2.24) is 0 Å². The van der Waals surface area contributed by atoms with E-state index in [9.17, 15) is 20.1 Å². The van der Waals surface area contributed by atoms with Crippen LogP contribution in [0.2, 0.25) is 0 Å². The third kappa shape index (κ3) is 11.5. The number of nitrogens with zero attached hydrogens (tertiary/aromatic N) is 1. The molecule has 178 valence electrons. The number of aliphatic hydroxyl groups is 2. The van der Waals surface area contributed by atoms with E-state index in [1.54, 1.807) is 14.1 Å². The highest BCUT2D eigenvalue weighted by atomic mass is 16.4. The van der Waals surface area contributed by atoms with E-state index in [0.29, 0.717) is 6.54 Å². The third-order valence-corrected chi connectivity index (χ3v) is 6.56. The lowest BCUT2D eigenvalue weighted by atomic mass is 9.96. The molecule has 0 aromatic heterocycles. The van der Waals surface area contributed by atoms with Gasteiger partial charge in [0, 0.05) is 0 Å². The number of hydrogen-bond donors (Lipinski definition) is 3. The SMILES string of the molecule is CCCCCCCC/C=C\CCCCCCCCC[N+](C)(C)C(CO)(CO)C(=O)O. The lowest BCUT2D eigenvalue weighted by molar-refractivity contribution is -0.933. The number of carboxylic acid groups (broad SMARTS) is 1. The van der Waals surface area contributed by atoms with Gasteiger partial charge in [-0.1, -0.05) is 76.9 Å². The minimum Gasteiger partial charge on any atom is -0.476 e. The van der Waals surface area contributed by atoms with Gasteiger partial charge in [0.05, 0.1) is 20.6 Å². The van der Waals surface area contributed by atoms with Crippen LogP contribution < -0.4 is 0 Å². The molecule has 0 spiro atoms. The lowest BCUT2D eigenvalue weighted by Crippen LogP contribution is -2.68. The van der Waals surface area contributed by atoms with E-state index >= 15 is 0 Å². The maximum absolute atomic E-state index is 11.6. The Balaban J connectivity index is 3.66. The van der Waals surface area contributed by atoms with Gasteiger partial charge >= 0.3 is 5.97 Å². The van der Waals surface area contributed by atoms with E-state index < -0.39 is 24.7 Å². The second-order valence-corrected chi connectivity index (χ2v) is 9.35. The van der Waals surface area contributed by atoms with Gasteiger partial charge < -0.3 is 19.8 Å². The summed E-state index contributed by atoms with van der Waals surface area (Å²) in [7, 11) is 3.56. The minimum absolute atomic E-state index is 0.0976. The number of carboxylic acids is 1. The van der Waals surface area contributed by atoms with Gasteiger partial charge in [-0.2, -0.15) is 0 Å². The molecule has 3 N–H and O–H groups in total. The van der Waals surface area contributed by atoms with Crippen molar-refractivity contribution in [3.8, 4) is 0 Å². The van der Waals surface area contributed by atoms with Crippen LogP contribution in [0, 0.1) is 0 Å². The predicted molar refractivity (Wildman–Crippen MR) is 126 cm³/mol. The summed E-state index contributed by atoms with van der Waals surface area (Å²) in [6.07, 6.45) is 23.5. The summed E-state index contributed by atoms with van der Waals surface area (Å²) in [5.41, 5.74) is -1.53. The quantitative estimate of drug-likeness (QED) is 0.132. The van der Waals surface area contributed by atoms with Gasteiger partial charge in [-0.3, -0.25) is 0 Å². The second-order valence-electron chi connectivity index (χ2n) is 9.35. The van der Waals surface area contributed by atoms with E-state index in [-0.39, 0.29) is 4.48 Å². The van der Waals surface area contributed by atoms with Crippen LogP contribution >= 0.6 is 0 Å². The number of quaternary nitrogens is 1. The van der Waals surface area contributed by atoms with Crippen molar-refractivity contribution in [1.29, 1.82) is 0 Å². The zero-order chi connectivity index (χ0) is 22.7. The van der Waals surface area contributed by atoms with Gasteiger partial charge in [-0.25, -0.2) is 4.79 Å². The molecule has 0 atom stereocenters. The predicted octanol–water partition coefficient (Wildman–Crippen LogP) is 5.30. The third-order valence-electron chi connectivity index (χ3n) is 6.56. The lowest BCUT2D eigenvalue weighted by Gasteiger charge is -2.43. The van der Waals surface area contributed by atoms with Crippen LogP contribution in [-0.2, 0) is 4.79 Å². The van der Waals surface area contributed by atoms with Crippen LogP contribution in [0.15, 0.2) is 12.2 Å². The molecule has 0 aromatic rings. The molecular weight excluding hydrogens is 378 g/mol. The van der Waals surface area contributed by atoms with Crippen molar-refractivity contribution >= 4 is 5.97 Å². The number of unbranched alkanes of at least 4 members (excludes halogenated alkanes) is 13. The van der Waals surface area contributed by atoms with Gasteiger partial charge in [-0.15, -0.1) is 0 Å². The van der Waals surface area contributed by atoms with Crippen LogP contribution in [0.5, 0.6) is 0 Å². The van der Waals surface area contributed by atoms with Crippen LogP contribution in [0.3, 0.4) is 0 Å². The Morgan fingerprint density at radius 1 is 0.733 bits per heavy atom. The smallest absolute Gasteiger partial charge is 0.370 e. The zero-order valence-electron chi connectivity index (χ0n) is 20.1. The number of allylic oxidation sites excluding steroid dienone is 2. The van der Waals surface area contributed by atoms with Gasteiger partial charge in [-0.05, 0) is 38.5 Å². The first-order valence-electron chi connectivity index (χ1n) is 12.3. The number of aliphatic carboxylic acids is 1. The molecule has 0 saturated heterocycles. The highest BCUT2D eigenvalue weighted by Crippen LogP contribution is 2.22. The topological polar surface area (TPSA) is 77.8 Å². The molecule has 0 bridgehead atoms. The fourth-order valence-corrected chi connectivity index (χ4v) is 3.97. The highest BCUT2D eigenvalue weighted by molar-refractivity contribution is 5.77. The maximum Gasteiger partial charge on any atom is 0.370 e. The summed E-state index contributed by atoms with van der Waals surface area (Å²) >= 11 is 0. The average Bonchev–Trinajstić information content (AvgIpc) is 2.71. The summed E-state index contributed by atoms with van der Waals surface area (Å²) < 4.78 is 0.0976. The van der Waals surface area contributed by atoms with Crippen molar-refractivity contribution in [2.75, 3.05) is 33.9 Å². The monoisotopic (exact) mass is 428 g/mol. The molecule has 5 heteroatoms. The maximum atomic E-state index is 11.6. The molecule has 0 radical (unpaired) electrons. The number of likely N-dealkylation sites (N-methyl/N-ethyl adjacent to an activating group) is 1. The molecule has 30 heavy (non-hydrogen) atoms. The second kappa shape index (κ2) is 17.7. The molecule has 0 aromatic carbocycles. The molecule has 0 aliphatic rings. The van der Waals surface area contributed by atoms with Crippen molar-refractivity contribution in [3.63, 3.8) is 0 Å². The van der Waals surface area contributed by atoms with Crippen LogP contribution in [0.4, 0.5) is 0 Å². The van der Waals surface area contributed by atoms with Crippen LogP contribution in [0.1, 0.15) is 103 Å². The standard InChI is InChI=1S/C25H49NO4/c1-4-5-6-7-8-9-10-11-12-13-14-15-16-17-18-19-20-21-26(2,3)25(22-27,23-28)24(29)30/h11-12,27-28H,4-10,13-23H2,1-3H3/p+1/b12-11-. The van der Waals surface area contributed by atoms with Gasteiger partial charge in [0.2, 0.25) is 5.54 Å². The fourth-order valence-electron chi connectivity index (χ4n) is 3.97. The van der Waals surface area contributed by atoms with Gasteiger partial charge in [0.15, 0.2) is 0 Å². The number of rotatable bonds is 21. The van der Waals surface area contributed by atoms with E-state index in [4.69, 9.17) is 0 Å². The number of hydrogen-bond acceptors (Lipinski definition) is 3. The molecule has 0 aliphatic carbocycles. The zero-order valence-corrected chi connectivity index (χ0v) is 20.1.